The van der Waals surface area contributed by atoms with Crippen LogP contribution in [0, 0.1) is 0 Å². The zero-order valence-electron chi connectivity index (χ0n) is 15.3. The van der Waals surface area contributed by atoms with E-state index in [0.29, 0.717) is 22.9 Å². The predicted molar refractivity (Wildman–Crippen MR) is 110 cm³/mol. The number of hydrogen-bond acceptors (Lipinski definition) is 6. The summed E-state index contributed by atoms with van der Waals surface area (Å²) in [6.07, 6.45) is 3.10. The summed E-state index contributed by atoms with van der Waals surface area (Å²) in [5.74, 6) is 1.97. The fraction of sp³-hybridized carbons (Fsp3) is 0. The number of carbonyl (C=O) groups is 1. The van der Waals surface area contributed by atoms with Crippen molar-refractivity contribution >= 4 is 23.2 Å². The SMILES string of the molecule is O=C(Nc1ccc(Nc2ccccc2Oc2ccccc2)nn1)c1cccnc1. The highest BCUT2D eigenvalue weighted by atomic mass is 16.5. The van der Waals surface area contributed by atoms with Crippen molar-refractivity contribution in [2.45, 2.75) is 0 Å². The van der Waals surface area contributed by atoms with Gasteiger partial charge < -0.3 is 15.4 Å². The Balaban J connectivity index is 1.45. The molecule has 4 rings (SSSR count). The number of anilines is 3. The third kappa shape index (κ3) is 4.72. The first-order valence-corrected chi connectivity index (χ1v) is 8.92. The van der Waals surface area contributed by atoms with Crippen LogP contribution < -0.4 is 15.4 Å². The van der Waals surface area contributed by atoms with Gasteiger partial charge in [-0.3, -0.25) is 9.78 Å². The molecular formula is C22H17N5O2. The monoisotopic (exact) mass is 383 g/mol. The first-order chi connectivity index (χ1) is 14.3. The van der Waals surface area contributed by atoms with Gasteiger partial charge in [0.25, 0.3) is 5.91 Å². The molecule has 2 aromatic carbocycles. The van der Waals surface area contributed by atoms with E-state index in [4.69, 9.17) is 4.74 Å². The minimum absolute atomic E-state index is 0.297. The summed E-state index contributed by atoms with van der Waals surface area (Å²) < 4.78 is 5.93. The van der Waals surface area contributed by atoms with Crippen molar-refractivity contribution in [1.82, 2.24) is 15.2 Å². The number of nitrogens with zero attached hydrogens (tertiary/aromatic N) is 3. The quantitative estimate of drug-likeness (QED) is 0.503. The second-order valence-corrected chi connectivity index (χ2v) is 6.04. The molecule has 0 fully saturated rings. The molecule has 0 aliphatic carbocycles. The molecule has 0 atom stereocenters. The number of carbonyl (C=O) groups excluding carboxylic acids is 1. The third-order valence-corrected chi connectivity index (χ3v) is 3.95. The molecule has 0 saturated carbocycles. The maximum Gasteiger partial charge on any atom is 0.258 e. The van der Waals surface area contributed by atoms with Crippen LogP contribution in [-0.4, -0.2) is 21.1 Å². The number of hydrogen-bond donors (Lipinski definition) is 2. The standard InChI is InChI=1S/C22H17N5O2/c28-22(16-7-6-14-23-15-16)25-21-13-12-20(26-27-21)24-18-10-4-5-11-19(18)29-17-8-2-1-3-9-17/h1-15H,(H,24,26)(H,25,27,28). The zero-order valence-corrected chi connectivity index (χ0v) is 15.3. The van der Waals surface area contributed by atoms with E-state index in [9.17, 15) is 4.79 Å². The van der Waals surface area contributed by atoms with Gasteiger partial charge in [0.2, 0.25) is 0 Å². The van der Waals surface area contributed by atoms with Gasteiger partial charge in [0.1, 0.15) is 5.75 Å². The van der Waals surface area contributed by atoms with Crippen LogP contribution in [0.1, 0.15) is 10.4 Å². The van der Waals surface area contributed by atoms with Gasteiger partial charge >= 0.3 is 0 Å². The Morgan fingerprint density at radius 3 is 2.31 bits per heavy atom. The van der Waals surface area contributed by atoms with Crippen molar-refractivity contribution in [1.29, 1.82) is 0 Å². The first-order valence-electron chi connectivity index (χ1n) is 8.92. The van der Waals surface area contributed by atoms with Gasteiger partial charge in [-0.05, 0) is 48.5 Å². The first kappa shape index (κ1) is 18.1. The Morgan fingerprint density at radius 2 is 1.55 bits per heavy atom. The Bertz CT molecular complexity index is 1090. The van der Waals surface area contributed by atoms with Crippen molar-refractivity contribution in [3.05, 3.63) is 96.8 Å². The number of amides is 1. The average molecular weight is 383 g/mol. The highest BCUT2D eigenvalue weighted by Crippen LogP contribution is 2.30. The average Bonchev–Trinajstić information content (AvgIpc) is 2.78. The molecule has 142 valence electrons. The lowest BCUT2D eigenvalue weighted by Gasteiger charge is -2.12. The fourth-order valence-electron chi connectivity index (χ4n) is 2.56. The smallest absolute Gasteiger partial charge is 0.258 e. The fourth-order valence-corrected chi connectivity index (χ4v) is 2.56. The second kappa shape index (κ2) is 8.62. The normalized spacial score (nSPS) is 10.2. The Kier molecular flexibility index (Phi) is 5.39. The number of nitrogens with one attached hydrogen (secondary N) is 2. The summed E-state index contributed by atoms with van der Waals surface area (Å²) in [5.41, 5.74) is 1.20. The van der Waals surface area contributed by atoms with Gasteiger partial charge in [-0.1, -0.05) is 30.3 Å². The number of para-hydroxylation sites is 3. The minimum Gasteiger partial charge on any atom is -0.455 e. The van der Waals surface area contributed by atoms with Crippen LogP contribution in [0.15, 0.2) is 91.3 Å². The van der Waals surface area contributed by atoms with E-state index in [1.165, 1.54) is 6.20 Å². The van der Waals surface area contributed by atoms with Crippen LogP contribution in [0.25, 0.3) is 0 Å². The third-order valence-electron chi connectivity index (χ3n) is 3.95. The molecule has 0 aliphatic rings. The number of pyridine rings is 1. The Hall–Kier alpha value is -4.26. The lowest BCUT2D eigenvalue weighted by Crippen LogP contribution is -2.13. The predicted octanol–water partition coefficient (Wildman–Crippen LogP) is 4.66. The number of rotatable bonds is 6. The zero-order chi connectivity index (χ0) is 19.9. The molecule has 7 nitrogen and oxygen atoms in total. The lowest BCUT2D eigenvalue weighted by atomic mass is 10.2. The molecule has 0 aliphatic heterocycles. The highest BCUT2D eigenvalue weighted by Gasteiger charge is 2.09. The minimum atomic E-state index is -0.297. The molecule has 4 aromatic rings. The van der Waals surface area contributed by atoms with Crippen LogP contribution in [-0.2, 0) is 0 Å². The van der Waals surface area contributed by atoms with E-state index in [-0.39, 0.29) is 5.91 Å². The summed E-state index contributed by atoms with van der Waals surface area (Å²) in [6, 6.07) is 23.8. The van der Waals surface area contributed by atoms with Crippen molar-refractivity contribution < 1.29 is 9.53 Å². The molecule has 0 saturated heterocycles. The number of ether oxygens (including phenoxy) is 1. The molecule has 0 bridgehead atoms. The molecule has 29 heavy (non-hydrogen) atoms. The largest absolute Gasteiger partial charge is 0.455 e. The molecule has 1 amide bonds. The summed E-state index contributed by atoms with van der Waals surface area (Å²) >= 11 is 0. The molecule has 2 heterocycles. The van der Waals surface area contributed by atoms with Crippen LogP contribution in [0.5, 0.6) is 11.5 Å². The molecule has 2 aromatic heterocycles. The Morgan fingerprint density at radius 1 is 0.793 bits per heavy atom. The van der Waals surface area contributed by atoms with Crippen LogP contribution in [0.3, 0.4) is 0 Å². The molecule has 0 radical (unpaired) electrons. The van der Waals surface area contributed by atoms with Crippen molar-refractivity contribution in [2.75, 3.05) is 10.6 Å². The molecule has 7 heteroatoms. The van der Waals surface area contributed by atoms with Crippen molar-refractivity contribution in [3.8, 4) is 11.5 Å². The van der Waals surface area contributed by atoms with Gasteiger partial charge in [0.15, 0.2) is 17.4 Å². The van der Waals surface area contributed by atoms with Crippen LogP contribution >= 0.6 is 0 Å². The van der Waals surface area contributed by atoms with Crippen LogP contribution in [0.2, 0.25) is 0 Å². The van der Waals surface area contributed by atoms with Gasteiger partial charge in [-0.25, -0.2) is 0 Å². The number of benzene rings is 2. The second-order valence-electron chi connectivity index (χ2n) is 6.04. The van der Waals surface area contributed by atoms with E-state index in [1.807, 2.05) is 54.6 Å². The molecule has 0 unspecified atom stereocenters. The van der Waals surface area contributed by atoms with Crippen molar-refractivity contribution in [3.63, 3.8) is 0 Å². The van der Waals surface area contributed by atoms with Gasteiger partial charge in [-0.15, -0.1) is 10.2 Å². The van der Waals surface area contributed by atoms with E-state index >= 15 is 0 Å². The van der Waals surface area contributed by atoms with Crippen LogP contribution in [0.4, 0.5) is 17.3 Å². The van der Waals surface area contributed by atoms with Gasteiger partial charge in [-0.2, -0.15) is 0 Å². The molecule has 2 N–H and O–H groups in total. The molecular weight excluding hydrogens is 366 g/mol. The van der Waals surface area contributed by atoms with E-state index in [1.54, 1.807) is 30.5 Å². The Labute approximate surface area is 167 Å². The highest BCUT2D eigenvalue weighted by molar-refractivity contribution is 6.03. The summed E-state index contributed by atoms with van der Waals surface area (Å²) in [5, 5.41) is 14.0. The van der Waals surface area contributed by atoms with E-state index in [0.717, 1.165) is 11.4 Å². The van der Waals surface area contributed by atoms with Crippen molar-refractivity contribution in [2.24, 2.45) is 0 Å². The molecule has 0 spiro atoms. The van der Waals surface area contributed by atoms with Gasteiger partial charge in [0, 0.05) is 12.4 Å². The maximum atomic E-state index is 12.2. The number of aromatic nitrogens is 3. The van der Waals surface area contributed by atoms with E-state index in [2.05, 4.69) is 25.8 Å². The lowest BCUT2D eigenvalue weighted by molar-refractivity contribution is 0.102. The van der Waals surface area contributed by atoms with Gasteiger partial charge in [0.05, 0.1) is 11.3 Å². The van der Waals surface area contributed by atoms with E-state index < -0.39 is 0 Å². The summed E-state index contributed by atoms with van der Waals surface area (Å²) in [6.45, 7) is 0. The topological polar surface area (TPSA) is 89.0 Å². The maximum absolute atomic E-state index is 12.2. The summed E-state index contributed by atoms with van der Waals surface area (Å²) in [4.78, 5) is 16.1. The summed E-state index contributed by atoms with van der Waals surface area (Å²) in [7, 11) is 0.